The van der Waals surface area contributed by atoms with Crippen LogP contribution in [0.5, 0.6) is 5.75 Å². The highest BCUT2D eigenvalue weighted by molar-refractivity contribution is 7.81. The Kier molecular flexibility index (Phi) is 29.1. The van der Waals surface area contributed by atoms with Crippen molar-refractivity contribution in [2.24, 2.45) is 11.5 Å². The first-order valence-electron chi connectivity index (χ1n) is 28.7. The molecule has 89 heavy (non-hydrogen) atoms. The van der Waals surface area contributed by atoms with E-state index in [0.717, 1.165) is 0 Å². The van der Waals surface area contributed by atoms with Crippen molar-refractivity contribution in [2.45, 2.75) is 152 Å². The van der Waals surface area contributed by atoms with Gasteiger partial charge in [0.1, 0.15) is 41.6 Å². The lowest BCUT2D eigenvalue weighted by Crippen LogP contribution is -2.60. The summed E-state index contributed by atoms with van der Waals surface area (Å²) in [5.74, 6) is -10.5. The number of carboxylic acids is 1. The minimum absolute atomic E-state index is 0.0236. The minimum atomic E-state index is -5.51. The largest absolute Gasteiger partial charge is 0.508 e. The van der Waals surface area contributed by atoms with Gasteiger partial charge in [0.15, 0.2) is 0 Å². The molecule has 0 fully saturated rings. The summed E-state index contributed by atoms with van der Waals surface area (Å²) in [5, 5.41) is 40.2. The number of carbonyl (C=O) groups excluding carboxylic acids is 9. The van der Waals surface area contributed by atoms with Crippen LogP contribution >= 0.6 is 0 Å². The number of carbonyl (C=O) groups is 10. The fourth-order valence-corrected chi connectivity index (χ4v) is 9.25. The number of aromatic hydroxyl groups is 1. The van der Waals surface area contributed by atoms with Crippen molar-refractivity contribution in [3.63, 3.8) is 0 Å². The van der Waals surface area contributed by atoms with Gasteiger partial charge in [-0.1, -0.05) is 112 Å². The maximum atomic E-state index is 14.9. The first-order valence-corrected chi connectivity index (χ1v) is 30.1. The highest BCUT2D eigenvalue weighted by Crippen LogP contribution is 2.20. The smallest absolute Gasteiger partial charge is 0.448 e. The van der Waals surface area contributed by atoms with Crippen molar-refractivity contribution in [1.82, 2.24) is 47.5 Å². The number of aliphatic carboxylic acids is 1. The van der Waals surface area contributed by atoms with Gasteiger partial charge in [-0.3, -0.25) is 53.0 Å². The van der Waals surface area contributed by atoms with Gasteiger partial charge < -0.3 is 72.8 Å². The normalized spacial score (nSPS) is 14.2. The van der Waals surface area contributed by atoms with Crippen molar-refractivity contribution >= 4 is 80.7 Å². The Morgan fingerprint density at radius 1 is 0.663 bits per heavy atom. The molecule has 16 N–H and O–H groups in total. The molecular formula is C60H81N11O17S. The van der Waals surface area contributed by atoms with Gasteiger partial charge in [-0.2, -0.15) is 8.42 Å². The molecule has 0 aliphatic heterocycles. The van der Waals surface area contributed by atoms with E-state index in [-0.39, 0.29) is 44.4 Å². The third kappa shape index (κ3) is 26.5. The quantitative estimate of drug-likeness (QED) is 0.0174. The Morgan fingerprint density at radius 2 is 1.22 bits per heavy atom. The number of nitrogens with two attached hydrogens (primary N) is 2. The van der Waals surface area contributed by atoms with Crippen LogP contribution in [0.15, 0.2) is 110 Å². The second-order valence-electron chi connectivity index (χ2n) is 21.8. The van der Waals surface area contributed by atoms with Gasteiger partial charge in [0.25, 0.3) is 0 Å². The number of H-pyrrole nitrogens is 1. The van der Waals surface area contributed by atoms with Crippen LogP contribution in [-0.2, 0) is 81.7 Å². The number of aromatic amines is 1. The van der Waals surface area contributed by atoms with E-state index in [1.807, 2.05) is 5.32 Å². The van der Waals surface area contributed by atoms with E-state index in [4.69, 9.17) is 16.2 Å². The number of phenols is 1. The summed E-state index contributed by atoms with van der Waals surface area (Å²) < 4.78 is 42.0. The number of fused-ring (bicyclic) bond motifs is 1. The Balaban J connectivity index is 1.67. The molecule has 3 aromatic carbocycles. The molecule has 0 saturated carbocycles. The van der Waals surface area contributed by atoms with E-state index >= 15 is 0 Å². The van der Waals surface area contributed by atoms with Gasteiger partial charge in [-0.15, -0.1) is 0 Å². The van der Waals surface area contributed by atoms with Crippen LogP contribution in [0.3, 0.4) is 0 Å². The zero-order chi connectivity index (χ0) is 65.8. The predicted octanol–water partition coefficient (Wildman–Crippen LogP) is 1.42. The number of para-hydroxylation sites is 1. The molecule has 0 bridgehead atoms. The van der Waals surface area contributed by atoms with Crippen LogP contribution in [0.2, 0.25) is 0 Å². The lowest BCUT2D eigenvalue weighted by Gasteiger charge is -2.28. The molecular weight excluding hydrogens is 1180 g/mol. The van der Waals surface area contributed by atoms with E-state index in [1.54, 1.807) is 79.9 Å². The third-order valence-corrected chi connectivity index (χ3v) is 13.7. The monoisotopic (exact) mass is 1260 g/mol. The van der Waals surface area contributed by atoms with Gasteiger partial charge >= 0.3 is 28.4 Å². The second-order valence-corrected chi connectivity index (χ2v) is 22.9. The van der Waals surface area contributed by atoms with Crippen LogP contribution in [-0.4, -0.2) is 155 Å². The van der Waals surface area contributed by atoms with Crippen LogP contribution in [0.4, 0.5) is 4.79 Å². The van der Waals surface area contributed by atoms with E-state index in [1.165, 1.54) is 51.1 Å². The summed E-state index contributed by atoms with van der Waals surface area (Å²) >= 11 is 0. The summed E-state index contributed by atoms with van der Waals surface area (Å²) in [4.78, 5) is 140. The predicted molar refractivity (Wildman–Crippen MR) is 326 cm³/mol. The number of allylic oxidation sites excluding steroid dienone is 2. The molecule has 0 radical (unpaired) electrons. The van der Waals surface area contributed by atoms with E-state index in [2.05, 4.69) is 53.0 Å². The Hall–Kier alpha value is -9.03. The fraction of sp³-hybridized carbons (Fsp3) is 0.433. The third-order valence-electron chi connectivity index (χ3n) is 13.3. The molecule has 0 saturated heterocycles. The highest BCUT2D eigenvalue weighted by Gasteiger charge is 2.36. The highest BCUT2D eigenvalue weighted by atomic mass is 32.3. The molecule has 484 valence electrons. The number of benzene rings is 3. The summed E-state index contributed by atoms with van der Waals surface area (Å²) in [6.45, 7) is 10.3. The standard InChI is InChI=1S/C60H81N11O17S/c1-6-8-19-39(65-52(76)42(62)29-37-24-26-40(72)27-25-37)35-64-44(23-15-16-28-61)53(77)68-47(31-38-34-63-43-22-14-13-20-41(38)43)55(79)66-45(21-9-7-2)54(78)69-49(33-51(75)88-89(84,85)86)56(80)67-46(30-36-17-11-10-12-18-36)57(81)71-58(82)48(32-50(73)74)70-59(83)87-60(3,4)5/h6,8,10-14,17-20,22,24-27,34,39,42,44-49,63-64,72H,1,7,9,15-16,21,23,28-33,35,61-62H2,2-5H3,(H,65,76)(H,66,79)(H,67,80)(H,68,77)(H,69,78)(H,70,83)(H,73,74)(H,71,81,82)(H,84,85,86)/b19-8+/t39-,42-,44+,45-,46-,47-,48+,49-/m0/s1. The van der Waals surface area contributed by atoms with Gasteiger partial charge in [0.2, 0.25) is 41.4 Å². The fourth-order valence-electron chi connectivity index (χ4n) is 8.95. The molecule has 4 rings (SSSR count). The van der Waals surface area contributed by atoms with Crippen LogP contribution in [0, 0.1) is 0 Å². The van der Waals surface area contributed by atoms with E-state index in [0.29, 0.717) is 53.4 Å². The molecule has 0 unspecified atom stereocenters. The summed E-state index contributed by atoms with van der Waals surface area (Å²) in [7, 11) is -5.51. The average molecular weight is 1260 g/mol. The Morgan fingerprint density at radius 3 is 1.85 bits per heavy atom. The molecule has 0 aliphatic carbocycles. The second kappa shape index (κ2) is 35.7. The number of unbranched alkanes of at least 4 members (excludes halogenated alkanes) is 2. The maximum absolute atomic E-state index is 14.9. The lowest BCUT2D eigenvalue weighted by atomic mass is 10.0. The molecule has 0 spiro atoms. The molecule has 1 aromatic heterocycles. The number of hydrogen-bond donors (Lipinski definition) is 14. The van der Waals surface area contributed by atoms with Crippen molar-refractivity contribution in [3.8, 4) is 5.75 Å². The van der Waals surface area contributed by atoms with Crippen molar-refractivity contribution < 1.29 is 80.0 Å². The molecule has 4 aromatic rings. The number of phenolic OH excluding ortho intramolecular Hbond substituents is 1. The zero-order valence-electron chi connectivity index (χ0n) is 50.0. The topological polar surface area (TPSA) is 448 Å². The maximum Gasteiger partial charge on any atom is 0.448 e. The molecule has 28 nitrogen and oxygen atoms in total. The summed E-state index contributed by atoms with van der Waals surface area (Å²) in [6, 6.07) is 9.56. The van der Waals surface area contributed by atoms with Gasteiger partial charge in [-0.25, -0.2) is 4.79 Å². The van der Waals surface area contributed by atoms with E-state index < -0.39 is 143 Å². The first-order chi connectivity index (χ1) is 42.1. The summed E-state index contributed by atoms with van der Waals surface area (Å²) in [5.41, 5.74) is 13.4. The van der Waals surface area contributed by atoms with Crippen LogP contribution < -0.4 is 54.0 Å². The number of imide groups is 1. The Bertz CT molecular complexity index is 3230. The Labute approximate surface area is 515 Å². The number of carboxylic acid groups (broad SMARTS) is 1. The van der Waals surface area contributed by atoms with Crippen molar-refractivity contribution in [1.29, 1.82) is 0 Å². The summed E-state index contributed by atoms with van der Waals surface area (Å²) in [6.07, 6.45) is 4.10. The molecule has 8 atom stereocenters. The van der Waals surface area contributed by atoms with Gasteiger partial charge in [0, 0.05) is 36.5 Å². The lowest BCUT2D eigenvalue weighted by molar-refractivity contribution is -0.142. The molecule has 0 aliphatic rings. The van der Waals surface area contributed by atoms with Crippen LogP contribution in [0.25, 0.3) is 10.9 Å². The number of hydrogen-bond acceptors (Lipinski definition) is 18. The number of ether oxygens (including phenoxy) is 1. The van der Waals surface area contributed by atoms with E-state index in [9.17, 15) is 71.1 Å². The number of amides is 8. The van der Waals surface area contributed by atoms with Gasteiger partial charge in [-0.05, 0) is 87.9 Å². The number of rotatable bonds is 36. The molecule has 1 heterocycles. The number of alkyl carbamates (subject to hydrolysis) is 1. The average Bonchev–Trinajstić information content (AvgIpc) is 2.11. The molecule has 29 heteroatoms. The van der Waals surface area contributed by atoms with Crippen molar-refractivity contribution in [2.75, 3.05) is 13.1 Å². The zero-order valence-corrected chi connectivity index (χ0v) is 50.8. The first kappa shape index (κ1) is 72.4. The van der Waals surface area contributed by atoms with Gasteiger partial charge in [0.05, 0.1) is 31.0 Å². The minimum Gasteiger partial charge on any atom is -0.508 e. The SMILES string of the molecule is C=C/C=C/[C@@H](CN[C@H](CCCCN)C(=O)N[C@@H](Cc1c[nH]c2ccccc12)C(=O)N[C@@H](CCCC)C(=O)N[C@@H](CC(=O)OS(=O)(=O)O)C(=O)N[C@@H](Cc1ccccc1)C(=O)NC(=O)[C@@H](CC(=O)O)NC(=O)OC(C)(C)C)NC(=O)[C@@H](N)Cc1ccc(O)cc1. The molecule has 8 amide bonds. The number of nitrogens with one attached hydrogen (secondary N) is 9. The van der Waals surface area contributed by atoms with Crippen LogP contribution in [0.1, 0.15) is 95.8 Å². The number of aromatic nitrogens is 1. The van der Waals surface area contributed by atoms with Crippen molar-refractivity contribution in [3.05, 3.63) is 127 Å².